The number of carbonyl (C=O) groups is 1. The van der Waals surface area contributed by atoms with E-state index in [0.29, 0.717) is 10.2 Å². The van der Waals surface area contributed by atoms with E-state index in [1.165, 1.54) is 12.1 Å². The van der Waals surface area contributed by atoms with Crippen LogP contribution in [0, 0.1) is 5.82 Å². The summed E-state index contributed by atoms with van der Waals surface area (Å²) in [4.78, 5) is 14.2. The first-order chi connectivity index (χ1) is 9.88. The van der Waals surface area contributed by atoms with Crippen molar-refractivity contribution in [1.82, 2.24) is 0 Å². The van der Waals surface area contributed by atoms with E-state index in [2.05, 4.69) is 21.2 Å². The summed E-state index contributed by atoms with van der Waals surface area (Å²) in [5.74, 6) is -0.919. The van der Waals surface area contributed by atoms with Crippen molar-refractivity contribution in [2.45, 2.75) is 0 Å². The molecule has 0 fully saturated rings. The van der Waals surface area contributed by atoms with Crippen molar-refractivity contribution in [1.29, 1.82) is 0 Å². The van der Waals surface area contributed by atoms with E-state index < -0.39 is 5.82 Å². The molecule has 0 radical (unpaired) electrons. The van der Waals surface area contributed by atoms with Gasteiger partial charge in [-0.15, -0.1) is 0 Å². The Morgan fingerprint density at radius 3 is 2.67 bits per heavy atom. The van der Waals surface area contributed by atoms with Crippen molar-refractivity contribution in [3.8, 4) is 0 Å². The molecule has 110 valence electrons. The van der Waals surface area contributed by atoms with Crippen LogP contribution >= 0.6 is 15.9 Å². The molecule has 2 aromatic carbocycles. The lowest BCUT2D eigenvalue weighted by Crippen LogP contribution is -2.14. The molecule has 0 spiro atoms. The van der Waals surface area contributed by atoms with Crippen LogP contribution in [0.1, 0.15) is 10.4 Å². The van der Waals surface area contributed by atoms with Gasteiger partial charge in [-0.1, -0.05) is 6.07 Å². The molecular weight excluding hydrogens is 337 g/mol. The van der Waals surface area contributed by atoms with Crippen LogP contribution in [0.25, 0.3) is 0 Å². The van der Waals surface area contributed by atoms with Crippen LogP contribution in [0.4, 0.5) is 21.5 Å². The Morgan fingerprint density at radius 1 is 1.29 bits per heavy atom. The first kappa shape index (κ1) is 15.3. The van der Waals surface area contributed by atoms with Crippen molar-refractivity contribution in [2.24, 2.45) is 0 Å². The number of hydrogen-bond donors (Lipinski definition) is 2. The summed E-state index contributed by atoms with van der Waals surface area (Å²) in [6, 6.07) is 9.90. The lowest BCUT2D eigenvalue weighted by atomic mass is 10.1. The summed E-state index contributed by atoms with van der Waals surface area (Å²) in [7, 11) is 3.83. The summed E-state index contributed by atoms with van der Waals surface area (Å²) in [6.07, 6.45) is 0. The van der Waals surface area contributed by atoms with Gasteiger partial charge in [0.25, 0.3) is 5.91 Å². The molecule has 0 aliphatic carbocycles. The van der Waals surface area contributed by atoms with Gasteiger partial charge in [-0.25, -0.2) is 4.39 Å². The Kier molecular flexibility index (Phi) is 4.47. The lowest BCUT2D eigenvalue weighted by Gasteiger charge is -2.14. The van der Waals surface area contributed by atoms with Crippen molar-refractivity contribution in [3.05, 3.63) is 52.3 Å². The summed E-state index contributed by atoms with van der Waals surface area (Å²) < 4.78 is 13.7. The van der Waals surface area contributed by atoms with Crippen molar-refractivity contribution in [3.63, 3.8) is 0 Å². The SMILES string of the molecule is CN(C)c1cccc(NC(=O)c2cc(N)c(F)cc2Br)c1. The van der Waals surface area contributed by atoms with Crippen molar-refractivity contribution in [2.75, 3.05) is 30.0 Å². The summed E-state index contributed by atoms with van der Waals surface area (Å²) in [6.45, 7) is 0. The zero-order chi connectivity index (χ0) is 15.6. The first-order valence-corrected chi connectivity index (χ1v) is 7.01. The Morgan fingerprint density at radius 2 is 2.00 bits per heavy atom. The third-order valence-corrected chi connectivity index (χ3v) is 3.61. The monoisotopic (exact) mass is 351 g/mol. The maximum absolute atomic E-state index is 13.3. The van der Waals surface area contributed by atoms with Crippen LogP contribution in [0.2, 0.25) is 0 Å². The molecule has 0 aliphatic heterocycles. The van der Waals surface area contributed by atoms with Gasteiger partial charge in [0.15, 0.2) is 0 Å². The second-order valence-electron chi connectivity index (χ2n) is 4.75. The van der Waals surface area contributed by atoms with Crippen LogP contribution in [-0.4, -0.2) is 20.0 Å². The summed E-state index contributed by atoms with van der Waals surface area (Å²) >= 11 is 3.17. The van der Waals surface area contributed by atoms with Gasteiger partial charge < -0.3 is 16.0 Å². The molecule has 1 amide bonds. The fourth-order valence-electron chi connectivity index (χ4n) is 1.80. The smallest absolute Gasteiger partial charge is 0.256 e. The molecule has 0 aromatic heterocycles. The van der Waals surface area contributed by atoms with Crippen LogP contribution in [0.15, 0.2) is 40.9 Å². The molecule has 4 nitrogen and oxygen atoms in total. The number of carbonyl (C=O) groups excluding carboxylic acids is 1. The predicted molar refractivity (Wildman–Crippen MR) is 87.2 cm³/mol. The number of halogens is 2. The summed E-state index contributed by atoms with van der Waals surface area (Å²) in [5, 5.41) is 2.77. The highest BCUT2D eigenvalue weighted by atomic mass is 79.9. The molecule has 0 aliphatic rings. The molecular formula is C15H15BrFN3O. The van der Waals surface area contributed by atoms with Crippen LogP contribution in [-0.2, 0) is 0 Å². The van der Waals surface area contributed by atoms with E-state index in [9.17, 15) is 9.18 Å². The Bertz CT molecular complexity index is 689. The minimum absolute atomic E-state index is 0.0645. The maximum Gasteiger partial charge on any atom is 0.256 e. The van der Waals surface area contributed by atoms with E-state index >= 15 is 0 Å². The highest BCUT2D eigenvalue weighted by Crippen LogP contribution is 2.24. The molecule has 0 saturated carbocycles. The predicted octanol–water partition coefficient (Wildman–Crippen LogP) is 3.49. The number of benzene rings is 2. The molecule has 0 saturated heterocycles. The number of hydrogen-bond acceptors (Lipinski definition) is 3. The molecule has 0 atom stereocenters. The average Bonchev–Trinajstić information content (AvgIpc) is 2.43. The van der Waals surface area contributed by atoms with Gasteiger partial charge in [0.05, 0.1) is 11.3 Å². The molecule has 6 heteroatoms. The van der Waals surface area contributed by atoms with Crippen LogP contribution < -0.4 is 16.0 Å². The van der Waals surface area contributed by atoms with E-state index in [1.807, 2.05) is 37.2 Å². The van der Waals surface area contributed by atoms with E-state index in [4.69, 9.17) is 5.73 Å². The molecule has 2 rings (SSSR count). The Labute approximate surface area is 130 Å². The highest BCUT2D eigenvalue weighted by Gasteiger charge is 2.13. The van der Waals surface area contributed by atoms with Gasteiger partial charge in [-0.2, -0.15) is 0 Å². The fraction of sp³-hybridized carbons (Fsp3) is 0.133. The minimum Gasteiger partial charge on any atom is -0.396 e. The zero-order valence-corrected chi connectivity index (χ0v) is 13.2. The number of nitrogens with two attached hydrogens (primary N) is 1. The largest absolute Gasteiger partial charge is 0.396 e. The number of nitrogens with zero attached hydrogens (tertiary/aromatic N) is 1. The number of rotatable bonds is 3. The lowest BCUT2D eigenvalue weighted by molar-refractivity contribution is 0.102. The van der Waals surface area contributed by atoms with Crippen molar-refractivity contribution >= 4 is 38.9 Å². The third kappa shape index (κ3) is 3.52. The van der Waals surface area contributed by atoms with E-state index in [1.54, 1.807) is 6.07 Å². The highest BCUT2D eigenvalue weighted by molar-refractivity contribution is 9.10. The molecule has 2 aromatic rings. The van der Waals surface area contributed by atoms with Gasteiger partial charge in [-0.05, 0) is 46.3 Å². The fourth-order valence-corrected chi connectivity index (χ4v) is 2.30. The van der Waals surface area contributed by atoms with Gasteiger partial charge >= 0.3 is 0 Å². The quantitative estimate of drug-likeness (QED) is 0.832. The third-order valence-electron chi connectivity index (χ3n) is 2.95. The van der Waals surface area contributed by atoms with Gasteiger partial charge in [0, 0.05) is 29.9 Å². The van der Waals surface area contributed by atoms with Crippen LogP contribution in [0.5, 0.6) is 0 Å². The summed E-state index contributed by atoms with van der Waals surface area (Å²) in [5.41, 5.74) is 7.34. The van der Waals surface area contributed by atoms with Crippen molar-refractivity contribution < 1.29 is 9.18 Å². The normalized spacial score (nSPS) is 10.3. The topological polar surface area (TPSA) is 58.4 Å². The van der Waals surface area contributed by atoms with Gasteiger partial charge in [-0.3, -0.25) is 4.79 Å². The Balaban J connectivity index is 2.26. The number of anilines is 3. The second kappa shape index (κ2) is 6.13. The van der Waals surface area contributed by atoms with Gasteiger partial charge in [0.2, 0.25) is 0 Å². The van der Waals surface area contributed by atoms with E-state index in [-0.39, 0.29) is 17.2 Å². The molecule has 3 N–H and O–H groups in total. The molecule has 0 heterocycles. The minimum atomic E-state index is -0.562. The number of nitrogen functional groups attached to an aromatic ring is 1. The Hall–Kier alpha value is -2.08. The standard InChI is InChI=1S/C15H15BrFN3O/c1-20(2)10-5-3-4-9(6-10)19-15(21)11-7-14(18)13(17)8-12(11)16/h3-8H,18H2,1-2H3,(H,19,21). The average molecular weight is 352 g/mol. The van der Waals surface area contributed by atoms with E-state index in [0.717, 1.165) is 5.69 Å². The van der Waals surface area contributed by atoms with Crippen LogP contribution in [0.3, 0.4) is 0 Å². The maximum atomic E-state index is 13.3. The molecule has 0 bridgehead atoms. The number of amides is 1. The number of nitrogens with one attached hydrogen (secondary N) is 1. The van der Waals surface area contributed by atoms with Gasteiger partial charge in [0.1, 0.15) is 5.82 Å². The second-order valence-corrected chi connectivity index (χ2v) is 5.61. The zero-order valence-electron chi connectivity index (χ0n) is 11.7. The molecule has 0 unspecified atom stereocenters. The first-order valence-electron chi connectivity index (χ1n) is 6.21. The molecule has 21 heavy (non-hydrogen) atoms.